The van der Waals surface area contributed by atoms with Crippen molar-refractivity contribution in [1.29, 1.82) is 0 Å². The maximum atomic E-state index is 12.3. The number of anilines is 2. The first-order valence-electron chi connectivity index (χ1n) is 7.86. The number of aromatic nitrogens is 1. The topological polar surface area (TPSA) is 71.1 Å². The normalized spacial score (nSPS) is 11.1. The SMILES string of the molecule is Cc1ccc(CNc2ccc(NS(=O)(=O)c3ccccc3)cn2)cc1. The van der Waals surface area contributed by atoms with Crippen LogP contribution in [0.5, 0.6) is 0 Å². The minimum atomic E-state index is -3.60. The number of rotatable bonds is 6. The molecule has 3 rings (SSSR count). The number of aryl methyl sites for hydroxylation is 1. The maximum Gasteiger partial charge on any atom is 0.261 e. The van der Waals surface area contributed by atoms with Crippen molar-refractivity contribution in [3.05, 3.63) is 84.1 Å². The second kappa shape index (κ2) is 7.36. The minimum absolute atomic E-state index is 0.219. The fourth-order valence-corrected chi connectivity index (χ4v) is 3.34. The van der Waals surface area contributed by atoms with Crippen molar-refractivity contribution in [2.24, 2.45) is 0 Å². The van der Waals surface area contributed by atoms with E-state index in [0.717, 1.165) is 5.56 Å². The van der Waals surface area contributed by atoms with Gasteiger partial charge in [0.2, 0.25) is 0 Å². The molecule has 0 aliphatic carbocycles. The van der Waals surface area contributed by atoms with E-state index in [2.05, 4.69) is 39.3 Å². The van der Waals surface area contributed by atoms with Crippen molar-refractivity contribution in [3.8, 4) is 0 Å². The van der Waals surface area contributed by atoms with Gasteiger partial charge in [-0.1, -0.05) is 48.0 Å². The Morgan fingerprint density at radius 2 is 1.64 bits per heavy atom. The fourth-order valence-electron chi connectivity index (χ4n) is 2.27. The average Bonchev–Trinajstić information content (AvgIpc) is 2.63. The summed E-state index contributed by atoms with van der Waals surface area (Å²) in [5.74, 6) is 0.684. The van der Waals surface area contributed by atoms with E-state index >= 15 is 0 Å². The summed E-state index contributed by atoms with van der Waals surface area (Å²) in [6, 6.07) is 19.9. The molecule has 0 spiro atoms. The lowest BCUT2D eigenvalue weighted by Crippen LogP contribution is -2.13. The zero-order valence-electron chi connectivity index (χ0n) is 13.8. The lowest BCUT2D eigenvalue weighted by Gasteiger charge is -2.09. The minimum Gasteiger partial charge on any atom is -0.366 e. The van der Waals surface area contributed by atoms with Crippen LogP contribution < -0.4 is 10.0 Å². The largest absolute Gasteiger partial charge is 0.366 e. The van der Waals surface area contributed by atoms with Crippen molar-refractivity contribution < 1.29 is 8.42 Å². The van der Waals surface area contributed by atoms with Crippen molar-refractivity contribution in [3.63, 3.8) is 0 Å². The third kappa shape index (κ3) is 4.58. The molecule has 6 heteroatoms. The molecular weight excluding hydrogens is 334 g/mol. The molecule has 0 saturated heterocycles. The van der Waals surface area contributed by atoms with E-state index in [1.807, 2.05) is 6.92 Å². The second-order valence-electron chi connectivity index (χ2n) is 5.69. The van der Waals surface area contributed by atoms with E-state index < -0.39 is 10.0 Å². The van der Waals surface area contributed by atoms with Gasteiger partial charge in [-0.15, -0.1) is 0 Å². The average molecular weight is 353 g/mol. The summed E-state index contributed by atoms with van der Waals surface area (Å²) in [6.07, 6.45) is 1.50. The summed E-state index contributed by atoms with van der Waals surface area (Å²) >= 11 is 0. The highest BCUT2D eigenvalue weighted by Crippen LogP contribution is 2.16. The highest BCUT2D eigenvalue weighted by Gasteiger charge is 2.13. The number of sulfonamides is 1. The van der Waals surface area contributed by atoms with Gasteiger partial charge in [0.1, 0.15) is 5.82 Å². The van der Waals surface area contributed by atoms with Gasteiger partial charge in [-0.3, -0.25) is 4.72 Å². The van der Waals surface area contributed by atoms with E-state index in [-0.39, 0.29) is 4.90 Å². The van der Waals surface area contributed by atoms with Gasteiger partial charge in [0.05, 0.1) is 16.8 Å². The van der Waals surface area contributed by atoms with Gasteiger partial charge >= 0.3 is 0 Å². The fraction of sp³-hybridized carbons (Fsp3) is 0.105. The quantitative estimate of drug-likeness (QED) is 0.707. The Morgan fingerprint density at radius 3 is 2.28 bits per heavy atom. The molecule has 0 aliphatic rings. The van der Waals surface area contributed by atoms with Crippen molar-refractivity contribution in [2.45, 2.75) is 18.4 Å². The zero-order chi connectivity index (χ0) is 17.7. The van der Waals surface area contributed by atoms with Crippen molar-refractivity contribution in [2.75, 3.05) is 10.0 Å². The molecule has 0 aliphatic heterocycles. The summed E-state index contributed by atoms with van der Waals surface area (Å²) in [5, 5.41) is 3.21. The van der Waals surface area contributed by atoms with Crippen LogP contribution in [0.25, 0.3) is 0 Å². The van der Waals surface area contributed by atoms with Crippen LogP contribution in [0.3, 0.4) is 0 Å². The molecule has 0 bridgehead atoms. The van der Waals surface area contributed by atoms with E-state index in [4.69, 9.17) is 0 Å². The zero-order valence-corrected chi connectivity index (χ0v) is 14.6. The second-order valence-corrected chi connectivity index (χ2v) is 7.37. The third-order valence-electron chi connectivity index (χ3n) is 3.66. The van der Waals surface area contributed by atoms with Crippen LogP contribution >= 0.6 is 0 Å². The molecule has 0 unspecified atom stereocenters. The van der Waals surface area contributed by atoms with Gasteiger partial charge in [0.15, 0.2) is 0 Å². The van der Waals surface area contributed by atoms with Crippen LogP contribution in [0.4, 0.5) is 11.5 Å². The predicted octanol–water partition coefficient (Wildman–Crippen LogP) is 3.80. The molecule has 0 atom stereocenters. The number of nitrogens with zero attached hydrogens (tertiary/aromatic N) is 1. The van der Waals surface area contributed by atoms with Crippen molar-refractivity contribution in [1.82, 2.24) is 4.98 Å². The van der Waals surface area contributed by atoms with E-state index in [0.29, 0.717) is 18.1 Å². The maximum absolute atomic E-state index is 12.3. The van der Waals surface area contributed by atoms with Crippen molar-refractivity contribution >= 4 is 21.5 Å². The van der Waals surface area contributed by atoms with E-state index in [1.165, 1.54) is 11.8 Å². The summed E-state index contributed by atoms with van der Waals surface area (Å²) in [4.78, 5) is 4.47. The smallest absolute Gasteiger partial charge is 0.261 e. The molecule has 3 aromatic rings. The van der Waals surface area contributed by atoms with Gasteiger partial charge < -0.3 is 5.32 Å². The van der Waals surface area contributed by atoms with E-state index in [1.54, 1.807) is 42.5 Å². The summed E-state index contributed by atoms with van der Waals surface area (Å²) in [6.45, 7) is 2.70. The predicted molar refractivity (Wildman–Crippen MR) is 100.0 cm³/mol. The number of pyridine rings is 1. The molecule has 0 radical (unpaired) electrons. The summed E-state index contributed by atoms with van der Waals surface area (Å²) in [5.41, 5.74) is 2.79. The van der Waals surface area contributed by atoms with Crippen LogP contribution in [0, 0.1) is 6.92 Å². The molecule has 0 saturated carbocycles. The van der Waals surface area contributed by atoms with Gasteiger partial charge in [-0.25, -0.2) is 13.4 Å². The summed E-state index contributed by atoms with van der Waals surface area (Å²) < 4.78 is 27.1. The Morgan fingerprint density at radius 1 is 0.920 bits per heavy atom. The molecule has 0 fully saturated rings. The van der Waals surface area contributed by atoms with Gasteiger partial charge in [-0.2, -0.15) is 0 Å². The third-order valence-corrected chi connectivity index (χ3v) is 5.06. The molecule has 2 aromatic carbocycles. The lowest BCUT2D eigenvalue weighted by molar-refractivity contribution is 0.601. The molecule has 2 N–H and O–H groups in total. The van der Waals surface area contributed by atoms with Crippen LogP contribution in [-0.4, -0.2) is 13.4 Å². The van der Waals surface area contributed by atoms with Crippen LogP contribution in [0.1, 0.15) is 11.1 Å². The Balaban J connectivity index is 1.63. The van der Waals surface area contributed by atoms with Gasteiger partial charge in [-0.05, 0) is 36.8 Å². The Bertz CT molecular complexity index is 923. The number of nitrogens with one attached hydrogen (secondary N) is 2. The highest BCUT2D eigenvalue weighted by atomic mass is 32.2. The molecule has 5 nitrogen and oxygen atoms in total. The number of benzene rings is 2. The molecule has 1 aromatic heterocycles. The number of hydrogen-bond donors (Lipinski definition) is 2. The lowest BCUT2D eigenvalue weighted by atomic mass is 10.1. The van der Waals surface area contributed by atoms with Crippen LogP contribution in [0.2, 0.25) is 0 Å². The van der Waals surface area contributed by atoms with Gasteiger partial charge in [0, 0.05) is 6.54 Å². The molecule has 128 valence electrons. The summed E-state index contributed by atoms with van der Waals surface area (Å²) in [7, 11) is -3.60. The van der Waals surface area contributed by atoms with Gasteiger partial charge in [0.25, 0.3) is 10.0 Å². The molecular formula is C19H19N3O2S. The first kappa shape index (κ1) is 17.0. The van der Waals surface area contributed by atoms with Crippen LogP contribution in [0.15, 0.2) is 77.8 Å². The standard InChI is InChI=1S/C19H19N3O2S/c1-15-7-9-16(10-8-15)13-20-19-12-11-17(14-21-19)22-25(23,24)18-5-3-2-4-6-18/h2-12,14,22H,13H2,1H3,(H,20,21). The molecule has 1 heterocycles. The highest BCUT2D eigenvalue weighted by molar-refractivity contribution is 7.92. The monoisotopic (exact) mass is 353 g/mol. The van der Waals surface area contributed by atoms with Crippen LogP contribution in [-0.2, 0) is 16.6 Å². The molecule has 0 amide bonds. The number of hydrogen-bond acceptors (Lipinski definition) is 4. The Labute approximate surface area is 147 Å². The Kier molecular flexibility index (Phi) is 5.00. The first-order valence-corrected chi connectivity index (χ1v) is 9.35. The van der Waals surface area contributed by atoms with E-state index in [9.17, 15) is 8.42 Å². The Hall–Kier alpha value is -2.86. The molecule has 25 heavy (non-hydrogen) atoms. The first-order chi connectivity index (χ1) is 12.0.